The van der Waals surface area contributed by atoms with Crippen molar-refractivity contribution < 1.29 is 12.6 Å². The summed E-state index contributed by atoms with van der Waals surface area (Å²) in [6.45, 7) is 1.89. The molecule has 5 heteroatoms. The molecule has 100 valence electrons. The molecule has 0 heterocycles. The Kier molecular flexibility index (Phi) is 4.56. The van der Waals surface area contributed by atoms with Crippen LogP contribution in [-0.4, -0.2) is 49.3 Å². The van der Waals surface area contributed by atoms with Gasteiger partial charge in [0.05, 0.1) is 11.4 Å². The van der Waals surface area contributed by atoms with Gasteiger partial charge < -0.3 is 0 Å². The maximum atomic E-state index is 11.9. The van der Waals surface area contributed by atoms with Crippen LogP contribution in [0.3, 0.4) is 0 Å². The second-order valence-corrected chi connectivity index (χ2v) is 8.14. The van der Waals surface area contributed by atoms with Crippen LogP contribution < -0.4 is 0 Å². The minimum absolute atomic E-state index is 0. The molecule has 0 aliphatic heterocycles. The SMILES string of the molecule is CCCS(=O)(=O)OC12CC3CC(CC(C3)C1)C2.[NaH]. The summed E-state index contributed by atoms with van der Waals surface area (Å²) < 4.78 is 29.4. The van der Waals surface area contributed by atoms with Gasteiger partial charge in [-0.2, -0.15) is 8.42 Å². The summed E-state index contributed by atoms with van der Waals surface area (Å²) in [6.07, 6.45) is 7.56. The van der Waals surface area contributed by atoms with Crippen molar-refractivity contribution in [3.8, 4) is 0 Å². The van der Waals surface area contributed by atoms with Gasteiger partial charge in [-0.3, -0.25) is 4.18 Å². The van der Waals surface area contributed by atoms with Gasteiger partial charge in [-0.05, 0) is 62.7 Å². The Morgan fingerprint density at radius 2 is 1.50 bits per heavy atom. The first-order chi connectivity index (χ1) is 8.00. The van der Waals surface area contributed by atoms with E-state index < -0.39 is 10.1 Å². The first-order valence-electron chi connectivity index (χ1n) is 6.93. The molecule has 0 aromatic carbocycles. The molecule has 0 N–H and O–H groups in total. The molecule has 4 aliphatic rings. The van der Waals surface area contributed by atoms with Crippen LogP contribution in [0.1, 0.15) is 51.9 Å². The minimum atomic E-state index is -3.29. The molecule has 0 atom stereocenters. The topological polar surface area (TPSA) is 43.4 Å². The molecular formula is C13H23NaO3S. The molecule has 0 radical (unpaired) electrons. The van der Waals surface area contributed by atoms with Crippen molar-refractivity contribution in [2.24, 2.45) is 17.8 Å². The third kappa shape index (κ3) is 2.98. The van der Waals surface area contributed by atoms with Gasteiger partial charge in [0, 0.05) is 0 Å². The average molecular weight is 282 g/mol. The Balaban J connectivity index is 0.00000120. The van der Waals surface area contributed by atoms with E-state index in [9.17, 15) is 8.42 Å². The Hall–Kier alpha value is 0.910. The summed E-state index contributed by atoms with van der Waals surface area (Å²) in [6, 6.07) is 0. The monoisotopic (exact) mass is 282 g/mol. The summed E-state index contributed by atoms with van der Waals surface area (Å²) >= 11 is 0. The average Bonchev–Trinajstić information content (AvgIpc) is 2.11. The zero-order valence-corrected chi connectivity index (χ0v) is 11.3. The zero-order chi connectivity index (χ0) is 12.1. The van der Waals surface area contributed by atoms with E-state index >= 15 is 0 Å². The van der Waals surface area contributed by atoms with Crippen LogP contribution in [0.4, 0.5) is 0 Å². The van der Waals surface area contributed by atoms with Gasteiger partial charge >= 0.3 is 29.6 Å². The summed E-state index contributed by atoms with van der Waals surface area (Å²) in [5.41, 5.74) is -0.303. The fraction of sp³-hybridized carbons (Fsp3) is 1.00. The molecule has 18 heavy (non-hydrogen) atoms. The summed E-state index contributed by atoms with van der Waals surface area (Å²) in [4.78, 5) is 0. The van der Waals surface area contributed by atoms with Crippen molar-refractivity contribution in [3.63, 3.8) is 0 Å². The Labute approximate surface area is 132 Å². The van der Waals surface area contributed by atoms with Gasteiger partial charge in [-0.1, -0.05) is 6.92 Å². The van der Waals surface area contributed by atoms with Gasteiger partial charge in [0.2, 0.25) is 0 Å². The van der Waals surface area contributed by atoms with Crippen LogP contribution in [0, 0.1) is 17.8 Å². The predicted molar refractivity (Wildman–Crippen MR) is 73.2 cm³/mol. The van der Waals surface area contributed by atoms with Crippen LogP contribution in [0.25, 0.3) is 0 Å². The number of rotatable bonds is 4. The van der Waals surface area contributed by atoms with Crippen molar-refractivity contribution in [2.75, 3.05) is 5.75 Å². The molecule has 0 aromatic rings. The first-order valence-corrected chi connectivity index (χ1v) is 8.51. The molecule has 0 aromatic heterocycles. The zero-order valence-electron chi connectivity index (χ0n) is 10.5. The predicted octanol–water partition coefficient (Wildman–Crippen LogP) is 2.06. The molecule has 0 spiro atoms. The van der Waals surface area contributed by atoms with Crippen LogP contribution in [0.5, 0.6) is 0 Å². The summed E-state index contributed by atoms with van der Waals surface area (Å²) in [5, 5.41) is 0. The van der Waals surface area contributed by atoms with Crippen molar-refractivity contribution in [1.29, 1.82) is 0 Å². The van der Waals surface area contributed by atoms with E-state index in [1.807, 2.05) is 6.92 Å². The quantitative estimate of drug-likeness (QED) is 0.585. The van der Waals surface area contributed by atoms with Crippen molar-refractivity contribution >= 4 is 39.7 Å². The molecule has 3 nitrogen and oxygen atoms in total. The standard InChI is InChI=1S/C13H22O3S.Na.H/c1-2-3-17(14,15)16-13-7-10-4-11(8-13)6-12(5-10)9-13;;/h10-12H,2-9H2,1H3;;. The fourth-order valence-corrected chi connectivity index (χ4v) is 6.02. The van der Waals surface area contributed by atoms with E-state index in [-0.39, 0.29) is 40.9 Å². The van der Waals surface area contributed by atoms with E-state index in [0.717, 1.165) is 37.0 Å². The number of hydrogen-bond acceptors (Lipinski definition) is 3. The third-order valence-corrected chi connectivity index (χ3v) is 6.26. The van der Waals surface area contributed by atoms with E-state index in [4.69, 9.17) is 4.18 Å². The Morgan fingerprint density at radius 3 is 1.89 bits per heavy atom. The van der Waals surface area contributed by atoms with E-state index in [0.29, 0.717) is 6.42 Å². The normalized spacial score (nSPS) is 41.7. The van der Waals surface area contributed by atoms with E-state index in [2.05, 4.69) is 0 Å². The van der Waals surface area contributed by atoms with Crippen molar-refractivity contribution in [1.82, 2.24) is 0 Å². The summed E-state index contributed by atoms with van der Waals surface area (Å²) in [5.74, 6) is 2.38. The molecule has 4 bridgehead atoms. The first kappa shape index (κ1) is 15.3. The van der Waals surface area contributed by atoms with Crippen molar-refractivity contribution in [3.05, 3.63) is 0 Å². The fourth-order valence-electron chi connectivity index (χ4n) is 4.69. The number of hydrogen-bond donors (Lipinski definition) is 0. The van der Waals surface area contributed by atoms with Crippen LogP contribution in [0.2, 0.25) is 0 Å². The molecule has 4 fully saturated rings. The van der Waals surface area contributed by atoms with Gasteiger partial charge in [0.1, 0.15) is 0 Å². The van der Waals surface area contributed by atoms with E-state index in [1.165, 1.54) is 19.3 Å². The Bertz CT molecular complexity index is 369. The van der Waals surface area contributed by atoms with Gasteiger partial charge in [-0.25, -0.2) is 0 Å². The van der Waals surface area contributed by atoms with E-state index in [1.54, 1.807) is 0 Å². The van der Waals surface area contributed by atoms with Crippen LogP contribution in [0.15, 0.2) is 0 Å². The molecule has 4 rings (SSSR count). The van der Waals surface area contributed by atoms with Crippen molar-refractivity contribution in [2.45, 2.75) is 57.5 Å². The molecule has 0 unspecified atom stereocenters. The second-order valence-electron chi connectivity index (χ2n) is 6.45. The van der Waals surface area contributed by atoms with Gasteiger partial charge in [0.15, 0.2) is 0 Å². The summed E-state index contributed by atoms with van der Waals surface area (Å²) in [7, 11) is -3.29. The Morgan fingerprint density at radius 1 is 1.06 bits per heavy atom. The molecular weight excluding hydrogens is 259 g/mol. The molecule has 4 aliphatic carbocycles. The van der Waals surface area contributed by atoms with Gasteiger partial charge in [0.25, 0.3) is 10.1 Å². The molecule has 4 saturated carbocycles. The molecule has 0 saturated heterocycles. The van der Waals surface area contributed by atoms with Gasteiger partial charge in [-0.15, -0.1) is 0 Å². The maximum absolute atomic E-state index is 11.9. The van der Waals surface area contributed by atoms with Crippen LogP contribution in [-0.2, 0) is 14.3 Å². The third-order valence-electron chi connectivity index (χ3n) is 4.74. The second kappa shape index (κ2) is 5.36. The van der Waals surface area contributed by atoms with Crippen LogP contribution >= 0.6 is 0 Å². The molecule has 0 amide bonds.